The number of hydrogen-bond acceptors (Lipinski definition) is 6. The van der Waals surface area contributed by atoms with Gasteiger partial charge in [0.05, 0.1) is 23.4 Å². The molecular weight excluding hydrogens is 460 g/mol. The van der Waals surface area contributed by atoms with E-state index in [1.54, 1.807) is 6.26 Å². The molecule has 0 atom stereocenters. The molecule has 3 heterocycles. The highest BCUT2D eigenvalue weighted by molar-refractivity contribution is 7.99. The van der Waals surface area contributed by atoms with E-state index in [2.05, 4.69) is 20.1 Å². The number of carbonyl (C=O) groups excluding carboxylic acids is 1. The van der Waals surface area contributed by atoms with Gasteiger partial charge in [-0.1, -0.05) is 49.2 Å². The number of hydrogen-bond donors (Lipinski definition) is 1. The van der Waals surface area contributed by atoms with Crippen LogP contribution >= 0.6 is 11.8 Å². The molecule has 1 amide bonds. The molecule has 0 saturated heterocycles. The van der Waals surface area contributed by atoms with Crippen molar-refractivity contribution in [3.05, 3.63) is 60.5 Å². The van der Waals surface area contributed by atoms with Crippen LogP contribution in [-0.4, -0.2) is 36.2 Å². The fraction of sp³-hybridized carbons (Fsp3) is 0.385. The maximum Gasteiger partial charge on any atom is 0.236 e. The van der Waals surface area contributed by atoms with Gasteiger partial charge in [-0.05, 0) is 49.9 Å². The molecule has 35 heavy (non-hydrogen) atoms. The summed E-state index contributed by atoms with van der Waals surface area (Å²) in [7, 11) is 0. The summed E-state index contributed by atoms with van der Waals surface area (Å²) in [6.45, 7) is 0. The van der Waals surface area contributed by atoms with Crippen LogP contribution in [0.2, 0.25) is 0 Å². The lowest BCUT2D eigenvalue weighted by Gasteiger charge is -2.25. The van der Waals surface area contributed by atoms with Gasteiger partial charge in [-0.2, -0.15) is 5.10 Å². The number of amides is 1. The molecule has 0 radical (unpaired) electrons. The van der Waals surface area contributed by atoms with Crippen molar-refractivity contribution in [3.63, 3.8) is 0 Å². The van der Waals surface area contributed by atoms with Gasteiger partial charge in [0.1, 0.15) is 5.82 Å². The molecule has 2 aliphatic carbocycles. The largest absolute Gasteiger partial charge is 0.461 e. The smallest absolute Gasteiger partial charge is 0.236 e. The zero-order chi connectivity index (χ0) is 23.6. The minimum atomic E-state index is -0.0906. The second-order valence-electron chi connectivity index (χ2n) is 9.26. The Hall–Kier alpha value is -3.33. The number of benzene rings is 1. The van der Waals surface area contributed by atoms with Crippen LogP contribution in [0.25, 0.3) is 17.3 Å². The molecule has 180 valence electrons. The molecule has 2 fully saturated rings. The van der Waals surface area contributed by atoms with Crippen molar-refractivity contribution in [2.75, 3.05) is 11.1 Å². The van der Waals surface area contributed by atoms with Gasteiger partial charge in [-0.25, -0.2) is 4.68 Å². The van der Waals surface area contributed by atoms with Crippen molar-refractivity contribution >= 4 is 23.5 Å². The molecule has 6 rings (SSSR count). The number of thioether (sulfide) groups is 1. The first-order valence-electron chi connectivity index (χ1n) is 12.3. The van der Waals surface area contributed by atoms with Crippen molar-refractivity contribution in [2.45, 2.75) is 62.1 Å². The normalized spacial score (nSPS) is 16.5. The lowest BCUT2D eigenvalue weighted by Crippen LogP contribution is -2.18. The zero-order valence-corrected chi connectivity index (χ0v) is 20.3. The van der Waals surface area contributed by atoms with Gasteiger partial charge in [0, 0.05) is 18.0 Å². The lowest BCUT2D eigenvalue weighted by molar-refractivity contribution is -0.113. The maximum atomic E-state index is 13.0. The monoisotopic (exact) mass is 488 g/mol. The number of rotatable bonds is 8. The standard InChI is InChI=1S/C26H28N6O2S/c33-24(27-23-16-21(18-13-14-18)30-32(23)20-10-5-2-6-11-20)17-35-26-29-28-25(22-12-7-15-34-22)31(26)19-8-3-1-4-9-19/h2,5-7,10-12,15-16,18-19H,1,3-4,8-9,13-14,17H2,(H,27,33). The van der Waals surface area contributed by atoms with E-state index in [9.17, 15) is 4.79 Å². The van der Waals surface area contributed by atoms with E-state index < -0.39 is 0 Å². The van der Waals surface area contributed by atoms with E-state index in [0.29, 0.717) is 23.5 Å². The quantitative estimate of drug-likeness (QED) is 0.314. The summed E-state index contributed by atoms with van der Waals surface area (Å²) in [5, 5.41) is 17.5. The highest BCUT2D eigenvalue weighted by Gasteiger charge is 2.28. The maximum absolute atomic E-state index is 13.0. The first-order chi connectivity index (χ1) is 17.3. The molecule has 3 aromatic heterocycles. The summed E-state index contributed by atoms with van der Waals surface area (Å²) in [5.74, 6) is 2.79. The third-order valence-corrected chi connectivity index (χ3v) is 7.61. The highest BCUT2D eigenvalue weighted by Crippen LogP contribution is 2.40. The number of furan rings is 1. The topological polar surface area (TPSA) is 90.8 Å². The lowest BCUT2D eigenvalue weighted by atomic mass is 9.95. The van der Waals surface area contributed by atoms with Crippen LogP contribution in [0.4, 0.5) is 5.82 Å². The van der Waals surface area contributed by atoms with Crippen LogP contribution in [0.15, 0.2) is 64.4 Å². The van der Waals surface area contributed by atoms with Gasteiger partial charge in [-0.15, -0.1) is 10.2 Å². The number of anilines is 1. The fourth-order valence-corrected chi connectivity index (χ4v) is 5.57. The fourth-order valence-electron chi connectivity index (χ4n) is 4.76. The SMILES string of the molecule is O=C(CSc1nnc(-c2ccco2)n1C1CCCCC1)Nc1cc(C2CC2)nn1-c1ccccc1. The summed E-state index contributed by atoms with van der Waals surface area (Å²) in [6.07, 6.45) is 9.79. The summed E-state index contributed by atoms with van der Waals surface area (Å²) >= 11 is 1.42. The third-order valence-electron chi connectivity index (χ3n) is 6.67. The molecule has 0 aliphatic heterocycles. The molecule has 4 aromatic rings. The van der Waals surface area contributed by atoms with Crippen LogP contribution in [0.1, 0.15) is 62.6 Å². The van der Waals surface area contributed by atoms with Gasteiger partial charge in [0.2, 0.25) is 11.7 Å². The Morgan fingerprint density at radius 3 is 2.60 bits per heavy atom. The average Bonchev–Trinajstić information content (AvgIpc) is 3.27. The molecule has 1 N–H and O–H groups in total. The van der Waals surface area contributed by atoms with Gasteiger partial charge in [0.15, 0.2) is 10.9 Å². The molecule has 2 aliphatic rings. The van der Waals surface area contributed by atoms with E-state index in [0.717, 1.165) is 48.0 Å². The Kier molecular flexibility index (Phi) is 6.16. The summed E-state index contributed by atoms with van der Waals surface area (Å²) in [6, 6.07) is 16.0. The molecule has 0 bridgehead atoms. The van der Waals surface area contributed by atoms with Crippen LogP contribution in [0.5, 0.6) is 0 Å². The Morgan fingerprint density at radius 1 is 1.03 bits per heavy atom. The predicted octanol–water partition coefficient (Wildman–Crippen LogP) is 5.84. The molecule has 2 saturated carbocycles. The molecule has 8 nitrogen and oxygen atoms in total. The van der Waals surface area contributed by atoms with Crippen molar-refractivity contribution in [1.82, 2.24) is 24.5 Å². The van der Waals surface area contributed by atoms with Crippen LogP contribution in [0, 0.1) is 0 Å². The van der Waals surface area contributed by atoms with Crippen molar-refractivity contribution in [1.29, 1.82) is 0 Å². The highest BCUT2D eigenvalue weighted by atomic mass is 32.2. The Balaban J connectivity index is 1.20. The Bertz CT molecular complexity index is 1290. The molecular formula is C26H28N6O2S. The van der Waals surface area contributed by atoms with E-state index in [-0.39, 0.29) is 11.7 Å². The van der Waals surface area contributed by atoms with E-state index in [1.807, 2.05) is 53.2 Å². The minimum Gasteiger partial charge on any atom is -0.461 e. The van der Waals surface area contributed by atoms with Crippen molar-refractivity contribution in [3.8, 4) is 17.3 Å². The summed E-state index contributed by atoms with van der Waals surface area (Å²) < 4.78 is 9.63. The molecule has 0 unspecified atom stereocenters. The minimum absolute atomic E-state index is 0.0906. The number of carbonyl (C=O) groups is 1. The molecule has 1 aromatic carbocycles. The average molecular weight is 489 g/mol. The summed E-state index contributed by atoms with van der Waals surface area (Å²) in [5.41, 5.74) is 1.97. The molecule has 0 spiro atoms. The van der Waals surface area contributed by atoms with Crippen LogP contribution in [0.3, 0.4) is 0 Å². The number of nitrogens with one attached hydrogen (secondary N) is 1. The van der Waals surface area contributed by atoms with Crippen LogP contribution in [-0.2, 0) is 4.79 Å². The third kappa shape index (κ3) is 4.77. The van der Waals surface area contributed by atoms with Gasteiger partial charge < -0.3 is 9.73 Å². The first-order valence-corrected chi connectivity index (χ1v) is 13.3. The number of aromatic nitrogens is 5. The Labute approximate surface area is 208 Å². The van der Waals surface area contributed by atoms with E-state index in [4.69, 9.17) is 9.52 Å². The van der Waals surface area contributed by atoms with Crippen molar-refractivity contribution < 1.29 is 9.21 Å². The summed E-state index contributed by atoms with van der Waals surface area (Å²) in [4.78, 5) is 13.0. The van der Waals surface area contributed by atoms with E-state index >= 15 is 0 Å². The van der Waals surface area contributed by atoms with Crippen LogP contribution < -0.4 is 5.32 Å². The van der Waals surface area contributed by atoms with E-state index in [1.165, 1.54) is 31.0 Å². The second-order valence-corrected chi connectivity index (χ2v) is 10.2. The Morgan fingerprint density at radius 2 is 1.86 bits per heavy atom. The predicted molar refractivity (Wildman–Crippen MR) is 135 cm³/mol. The first kappa shape index (κ1) is 22.2. The van der Waals surface area contributed by atoms with Gasteiger partial charge in [-0.3, -0.25) is 9.36 Å². The van der Waals surface area contributed by atoms with Gasteiger partial charge in [0.25, 0.3) is 0 Å². The number of para-hydroxylation sites is 1. The van der Waals surface area contributed by atoms with Gasteiger partial charge >= 0.3 is 0 Å². The number of nitrogens with zero attached hydrogens (tertiary/aromatic N) is 5. The second kappa shape index (κ2) is 9.73. The zero-order valence-electron chi connectivity index (χ0n) is 19.5. The molecule has 9 heteroatoms. The van der Waals surface area contributed by atoms with Crippen molar-refractivity contribution in [2.24, 2.45) is 0 Å².